The Morgan fingerprint density at radius 3 is 2.79 bits per heavy atom. The van der Waals surface area contributed by atoms with Crippen LogP contribution < -0.4 is 5.32 Å². The summed E-state index contributed by atoms with van der Waals surface area (Å²) in [4.78, 5) is 17.9. The molecule has 0 spiro atoms. The summed E-state index contributed by atoms with van der Waals surface area (Å²) < 4.78 is 52.7. The van der Waals surface area contributed by atoms with Gasteiger partial charge in [0, 0.05) is 32.0 Å². The van der Waals surface area contributed by atoms with E-state index >= 15 is 0 Å². The summed E-state index contributed by atoms with van der Waals surface area (Å²) in [6.07, 6.45) is 1.07. The van der Waals surface area contributed by atoms with E-state index < -0.39 is 23.4 Å². The minimum absolute atomic E-state index is 0.0473. The fourth-order valence-electron chi connectivity index (χ4n) is 3.85. The van der Waals surface area contributed by atoms with Crippen LogP contribution in [0, 0.1) is 0 Å². The van der Waals surface area contributed by atoms with Crippen molar-refractivity contribution in [2.75, 3.05) is 19.0 Å². The van der Waals surface area contributed by atoms with E-state index in [-0.39, 0.29) is 24.4 Å². The number of allylic oxidation sites excluding steroid dienone is 1. The zero-order chi connectivity index (χ0) is 20.6. The number of nitrogens with one attached hydrogen (secondary N) is 1. The molecule has 0 bridgehead atoms. The summed E-state index contributed by atoms with van der Waals surface area (Å²) in [6.45, 7) is 0.274. The topological polar surface area (TPSA) is 67.6 Å². The van der Waals surface area contributed by atoms with Crippen LogP contribution in [-0.4, -0.2) is 35.7 Å². The third-order valence-corrected chi connectivity index (χ3v) is 5.20. The normalized spacial score (nSPS) is 21.8. The van der Waals surface area contributed by atoms with Crippen molar-refractivity contribution in [1.82, 2.24) is 9.88 Å². The molecule has 29 heavy (non-hydrogen) atoms. The number of nitrogens with zero attached hydrogens (tertiary/aromatic N) is 2. The van der Waals surface area contributed by atoms with Crippen molar-refractivity contribution in [3.63, 3.8) is 0 Å². The second kappa shape index (κ2) is 7.07. The number of carbonyl (C=O) groups excluding carboxylic acids is 1. The molecule has 2 aromatic heterocycles. The maximum absolute atomic E-state index is 14.0. The average Bonchev–Trinajstić information content (AvgIpc) is 3.36. The maximum atomic E-state index is 14.0. The molecule has 9 heteroatoms. The number of anilines is 1. The van der Waals surface area contributed by atoms with Crippen molar-refractivity contribution < 1.29 is 27.1 Å². The van der Waals surface area contributed by atoms with E-state index in [2.05, 4.69) is 10.3 Å². The Bertz CT molecular complexity index is 968. The highest BCUT2D eigenvalue weighted by molar-refractivity contribution is 5.91. The van der Waals surface area contributed by atoms with Gasteiger partial charge in [-0.1, -0.05) is 0 Å². The molecule has 1 N–H and O–H groups in total. The summed E-state index contributed by atoms with van der Waals surface area (Å²) in [7, 11) is 1.23. The standard InChI is InChI=1S/C20H18F3N3O3/c1-28-19(17-5-3-9-29-17)11-13-6-8-26(15(13)10-16(19)20(21,22)23)18(27)25-14-4-2-7-24-12-14/h2-5,7,9-10,12H,6,8,11H2,1H3,(H,25,27). The van der Waals surface area contributed by atoms with Crippen LogP contribution >= 0.6 is 0 Å². The molecule has 1 aliphatic carbocycles. The van der Waals surface area contributed by atoms with Crippen LogP contribution in [0.1, 0.15) is 18.6 Å². The average molecular weight is 405 g/mol. The molecule has 2 amide bonds. The smallest absolute Gasteiger partial charge is 0.416 e. The first-order valence-corrected chi connectivity index (χ1v) is 8.94. The first-order chi connectivity index (χ1) is 13.8. The van der Waals surface area contributed by atoms with Gasteiger partial charge >= 0.3 is 12.2 Å². The van der Waals surface area contributed by atoms with Gasteiger partial charge in [-0.05, 0) is 42.3 Å². The molecule has 1 aliphatic heterocycles. The molecule has 0 radical (unpaired) electrons. The lowest BCUT2D eigenvalue weighted by atomic mass is 9.79. The lowest BCUT2D eigenvalue weighted by Gasteiger charge is -2.37. The third-order valence-electron chi connectivity index (χ3n) is 5.20. The Morgan fingerprint density at radius 1 is 1.34 bits per heavy atom. The van der Waals surface area contributed by atoms with Gasteiger partial charge in [0.15, 0.2) is 5.60 Å². The number of hydrogen-bond donors (Lipinski definition) is 1. The lowest BCUT2D eigenvalue weighted by Crippen LogP contribution is -2.41. The van der Waals surface area contributed by atoms with E-state index in [1.54, 1.807) is 18.3 Å². The number of carbonyl (C=O) groups is 1. The van der Waals surface area contributed by atoms with Crippen LogP contribution in [0.25, 0.3) is 0 Å². The lowest BCUT2D eigenvalue weighted by molar-refractivity contribution is -0.134. The molecule has 1 atom stereocenters. The first kappa shape index (κ1) is 19.3. The highest BCUT2D eigenvalue weighted by atomic mass is 19.4. The summed E-state index contributed by atoms with van der Waals surface area (Å²) in [5.74, 6) is 0.0772. The molecule has 4 rings (SSSR count). The molecular formula is C20H18F3N3O3. The number of rotatable bonds is 3. The van der Waals surface area contributed by atoms with Crippen LogP contribution in [-0.2, 0) is 10.3 Å². The highest BCUT2D eigenvalue weighted by Gasteiger charge is 2.55. The minimum atomic E-state index is -4.67. The van der Waals surface area contributed by atoms with Crippen LogP contribution in [0.2, 0.25) is 0 Å². The molecule has 0 fully saturated rings. The van der Waals surface area contributed by atoms with Gasteiger partial charge in [-0.25, -0.2) is 4.79 Å². The number of hydrogen-bond acceptors (Lipinski definition) is 4. The third kappa shape index (κ3) is 3.31. The first-order valence-electron chi connectivity index (χ1n) is 8.94. The van der Waals surface area contributed by atoms with Crippen LogP contribution in [0.3, 0.4) is 0 Å². The van der Waals surface area contributed by atoms with Crippen molar-refractivity contribution >= 4 is 11.7 Å². The van der Waals surface area contributed by atoms with E-state index in [0.717, 1.165) is 6.08 Å². The quantitative estimate of drug-likeness (QED) is 0.811. The molecule has 2 aliphatic rings. The number of methoxy groups -OCH3 is 1. The second-order valence-electron chi connectivity index (χ2n) is 6.80. The number of urea groups is 1. The SMILES string of the molecule is COC1(c2ccco2)CC2=C(C=C1C(F)(F)F)N(C(=O)Nc1cccnc1)CC2. The van der Waals surface area contributed by atoms with Gasteiger partial charge < -0.3 is 14.5 Å². The molecule has 152 valence electrons. The van der Waals surface area contributed by atoms with E-state index in [9.17, 15) is 18.0 Å². The summed E-state index contributed by atoms with van der Waals surface area (Å²) >= 11 is 0. The molecule has 0 aromatic carbocycles. The van der Waals surface area contributed by atoms with Crippen LogP contribution in [0.5, 0.6) is 0 Å². The highest BCUT2D eigenvalue weighted by Crippen LogP contribution is 2.52. The zero-order valence-corrected chi connectivity index (χ0v) is 15.5. The van der Waals surface area contributed by atoms with E-state index in [1.807, 2.05) is 0 Å². The fourth-order valence-corrected chi connectivity index (χ4v) is 3.85. The molecule has 6 nitrogen and oxygen atoms in total. The Balaban J connectivity index is 1.71. The van der Waals surface area contributed by atoms with Gasteiger partial charge in [0.25, 0.3) is 0 Å². The van der Waals surface area contributed by atoms with Crippen molar-refractivity contribution in [1.29, 1.82) is 0 Å². The summed E-state index contributed by atoms with van der Waals surface area (Å²) in [5.41, 5.74) is -1.27. The van der Waals surface area contributed by atoms with Crippen molar-refractivity contribution in [3.8, 4) is 0 Å². The van der Waals surface area contributed by atoms with E-state index in [1.165, 1.54) is 36.6 Å². The van der Waals surface area contributed by atoms with Crippen molar-refractivity contribution in [3.05, 3.63) is 71.6 Å². The molecule has 0 saturated heterocycles. The van der Waals surface area contributed by atoms with Crippen molar-refractivity contribution in [2.45, 2.75) is 24.6 Å². The number of pyridine rings is 1. The number of amides is 2. The van der Waals surface area contributed by atoms with Gasteiger partial charge in [-0.2, -0.15) is 13.2 Å². The Labute approximate surface area is 164 Å². The predicted molar refractivity (Wildman–Crippen MR) is 97.8 cm³/mol. The Morgan fingerprint density at radius 2 is 2.17 bits per heavy atom. The van der Waals surface area contributed by atoms with Crippen molar-refractivity contribution in [2.24, 2.45) is 0 Å². The summed E-state index contributed by atoms with van der Waals surface area (Å²) in [6, 6.07) is 5.79. The molecule has 1 unspecified atom stereocenters. The van der Waals surface area contributed by atoms with Gasteiger partial charge in [-0.3, -0.25) is 9.88 Å². The molecular weight excluding hydrogens is 387 g/mol. The number of halogens is 3. The monoisotopic (exact) mass is 405 g/mol. The van der Waals surface area contributed by atoms with E-state index in [4.69, 9.17) is 9.15 Å². The van der Waals surface area contributed by atoms with Crippen LogP contribution in [0.4, 0.5) is 23.7 Å². The number of aromatic nitrogens is 1. The molecule has 0 saturated carbocycles. The van der Waals surface area contributed by atoms with Gasteiger partial charge in [0.2, 0.25) is 0 Å². The fraction of sp³-hybridized carbons (Fsp3) is 0.300. The predicted octanol–water partition coefficient (Wildman–Crippen LogP) is 4.60. The number of alkyl halides is 3. The van der Waals surface area contributed by atoms with Crippen LogP contribution in [0.15, 0.2) is 70.3 Å². The Kier molecular flexibility index (Phi) is 4.70. The van der Waals surface area contributed by atoms with E-state index in [0.29, 0.717) is 17.7 Å². The number of ether oxygens (including phenoxy) is 1. The second-order valence-corrected chi connectivity index (χ2v) is 6.80. The number of furan rings is 1. The maximum Gasteiger partial charge on any atom is 0.416 e. The molecule has 3 heterocycles. The Hall–Kier alpha value is -3.07. The largest absolute Gasteiger partial charge is 0.466 e. The zero-order valence-electron chi connectivity index (χ0n) is 15.5. The van der Waals surface area contributed by atoms with Gasteiger partial charge in [0.1, 0.15) is 5.76 Å². The minimum Gasteiger partial charge on any atom is -0.466 e. The summed E-state index contributed by atoms with van der Waals surface area (Å²) in [5, 5.41) is 2.66. The van der Waals surface area contributed by atoms with Gasteiger partial charge in [-0.15, -0.1) is 0 Å². The van der Waals surface area contributed by atoms with Gasteiger partial charge in [0.05, 0.1) is 23.7 Å². The molecule has 2 aromatic rings.